The first-order valence-electron chi connectivity index (χ1n) is 2.65. The van der Waals surface area contributed by atoms with Crippen molar-refractivity contribution in [3.8, 4) is 0 Å². The number of thiol groups is 1. The maximum atomic E-state index is 4.01. The van der Waals surface area contributed by atoms with Gasteiger partial charge < -0.3 is 4.98 Å². The van der Waals surface area contributed by atoms with Gasteiger partial charge in [-0.3, -0.25) is 0 Å². The third kappa shape index (κ3) is 1.61. The van der Waals surface area contributed by atoms with E-state index in [9.17, 15) is 0 Å². The van der Waals surface area contributed by atoms with E-state index in [0.29, 0.717) is 0 Å². The lowest BCUT2D eigenvalue weighted by atomic mass is 10.6. The Bertz CT molecular complexity index is 215. The maximum absolute atomic E-state index is 4.01. The first-order chi connectivity index (χ1) is 4.33. The fraction of sp³-hybridized carbons (Fsp3) is 0.167. The number of H-pyrrole nitrogens is 1. The van der Waals surface area contributed by atoms with Crippen LogP contribution in [0.5, 0.6) is 0 Å². The molecule has 9 heavy (non-hydrogen) atoms. The minimum absolute atomic E-state index is 0.850. The van der Waals surface area contributed by atoms with Gasteiger partial charge in [0.2, 0.25) is 0 Å². The predicted octanol–water partition coefficient (Wildman–Crippen LogP) is 1.62. The van der Waals surface area contributed by atoms with Crippen molar-refractivity contribution in [1.29, 1.82) is 0 Å². The van der Waals surface area contributed by atoms with E-state index < -0.39 is 0 Å². The fourth-order valence-electron chi connectivity index (χ4n) is 0.588. The molecule has 2 nitrogen and oxygen atoms in total. The number of hydrogen-bond donors (Lipinski definition) is 2. The van der Waals surface area contributed by atoms with Crippen LogP contribution < -0.4 is 0 Å². The molecule has 1 heterocycles. The number of aromatic nitrogens is 2. The first kappa shape index (κ1) is 6.42. The molecular formula is C6H8N2S. The number of hydrogen-bond acceptors (Lipinski definition) is 2. The van der Waals surface area contributed by atoms with Gasteiger partial charge in [0.1, 0.15) is 5.82 Å². The summed E-state index contributed by atoms with van der Waals surface area (Å²) in [6.45, 7) is 1.96. The third-order valence-corrected chi connectivity index (χ3v) is 1.10. The van der Waals surface area contributed by atoms with E-state index in [-0.39, 0.29) is 0 Å². The van der Waals surface area contributed by atoms with E-state index >= 15 is 0 Å². The number of aromatic amines is 1. The Morgan fingerprint density at radius 1 is 1.78 bits per heavy atom. The summed E-state index contributed by atoms with van der Waals surface area (Å²) in [4.78, 5) is 7.04. The normalized spacial score (nSPS) is 10.9. The van der Waals surface area contributed by atoms with Crippen LogP contribution >= 0.6 is 12.6 Å². The summed E-state index contributed by atoms with van der Waals surface area (Å²) >= 11 is 3.90. The Morgan fingerprint density at radius 3 is 3.00 bits per heavy atom. The highest BCUT2D eigenvalue weighted by molar-refractivity contribution is 7.83. The second-order valence-electron chi connectivity index (χ2n) is 1.77. The molecule has 0 atom stereocenters. The molecule has 0 saturated heterocycles. The molecule has 0 aliphatic rings. The molecule has 0 unspecified atom stereocenters. The van der Waals surface area contributed by atoms with Gasteiger partial charge in [0.15, 0.2) is 0 Å². The first-order valence-corrected chi connectivity index (χ1v) is 3.17. The van der Waals surface area contributed by atoms with E-state index in [1.165, 1.54) is 0 Å². The van der Waals surface area contributed by atoms with Crippen molar-refractivity contribution in [2.24, 2.45) is 0 Å². The minimum atomic E-state index is 0.850. The van der Waals surface area contributed by atoms with Gasteiger partial charge in [-0.1, -0.05) is 0 Å². The zero-order chi connectivity index (χ0) is 6.69. The van der Waals surface area contributed by atoms with Crippen LogP contribution in [0.2, 0.25) is 0 Å². The summed E-state index contributed by atoms with van der Waals surface area (Å²) in [5.74, 6) is 0.850. The lowest BCUT2D eigenvalue weighted by Crippen LogP contribution is -1.71. The van der Waals surface area contributed by atoms with Crippen LogP contribution in [0.4, 0.5) is 0 Å². The molecule has 0 aliphatic heterocycles. The van der Waals surface area contributed by atoms with E-state index in [0.717, 1.165) is 11.5 Å². The van der Waals surface area contributed by atoms with Crippen LogP contribution in [0, 0.1) is 6.92 Å². The molecule has 0 bridgehead atoms. The van der Waals surface area contributed by atoms with Crippen molar-refractivity contribution >= 4 is 18.7 Å². The van der Waals surface area contributed by atoms with E-state index in [1.807, 2.05) is 6.92 Å². The molecule has 3 heteroatoms. The Kier molecular flexibility index (Phi) is 1.95. The van der Waals surface area contributed by atoms with Gasteiger partial charge >= 0.3 is 0 Å². The average molecular weight is 140 g/mol. The van der Waals surface area contributed by atoms with Crippen molar-refractivity contribution in [2.75, 3.05) is 0 Å². The van der Waals surface area contributed by atoms with E-state index in [1.54, 1.807) is 17.7 Å². The van der Waals surface area contributed by atoms with Crippen molar-refractivity contribution in [1.82, 2.24) is 9.97 Å². The highest BCUT2D eigenvalue weighted by atomic mass is 32.1. The quantitative estimate of drug-likeness (QED) is 0.570. The van der Waals surface area contributed by atoms with Gasteiger partial charge in [0, 0.05) is 11.9 Å². The molecule has 1 rings (SSSR count). The van der Waals surface area contributed by atoms with Crippen LogP contribution in [0.3, 0.4) is 0 Å². The number of nitrogens with one attached hydrogen (secondary N) is 1. The molecule has 1 aromatic rings. The molecule has 1 N–H and O–H groups in total. The van der Waals surface area contributed by atoms with Crippen LogP contribution in [0.25, 0.3) is 6.08 Å². The zero-order valence-corrected chi connectivity index (χ0v) is 6.02. The summed E-state index contributed by atoms with van der Waals surface area (Å²) < 4.78 is 0. The molecule has 0 amide bonds. The van der Waals surface area contributed by atoms with E-state index in [4.69, 9.17) is 0 Å². The molecule has 0 saturated carbocycles. The van der Waals surface area contributed by atoms with Crippen LogP contribution in [0.15, 0.2) is 11.6 Å². The Hall–Kier alpha value is -0.700. The Balaban J connectivity index is 2.85. The van der Waals surface area contributed by atoms with Gasteiger partial charge in [-0.05, 0) is 18.4 Å². The van der Waals surface area contributed by atoms with Gasteiger partial charge in [0.05, 0.1) is 0 Å². The zero-order valence-electron chi connectivity index (χ0n) is 5.13. The number of nitrogens with zero attached hydrogens (tertiary/aromatic N) is 1. The predicted molar refractivity (Wildman–Crippen MR) is 41.3 cm³/mol. The molecule has 0 spiro atoms. The van der Waals surface area contributed by atoms with Gasteiger partial charge in [0.25, 0.3) is 0 Å². The lowest BCUT2D eigenvalue weighted by molar-refractivity contribution is 1.22. The maximum Gasteiger partial charge on any atom is 0.130 e. The number of aryl methyl sites for hydroxylation is 1. The Labute approximate surface area is 59.4 Å². The summed E-state index contributed by atoms with van der Waals surface area (Å²) in [5, 5.41) is 1.65. The van der Waals surface area contributed by atoms with Gasteiger partial charge in [-0.15, -0.1) is 0 Å². The van der Waals surface area contributed by atoms with Crippen molar-refractivity contribution in [3.05, 3.63) is 23.1 Å². The lowest BCUT2D eigenvalue weighted by Gasteiger charge is -1.78. The van der Waals surface area contributed by atoms with Crippen molar-refractivity contribution in [3.63, 3.8) is 0 Å². The highest BCUT2D eigenvalue weighted by Crippen LogP contribution is 1.97. The summed E-state index contributed by atoms with van der Waals surface area (Å²) in [7, 11) is 0. The van der Waals surface area contributed by atoms with Crippen LogP contribution in [0.1, 0.15) is 11.5 Å². The standard InChI is InChI=1S/C6H8N2S/c1-5-4-7-6(8-5)2-3-9/h2-4,9H,1H3,(H,7,8)/b3-2+. The second kappa shape index (κ2) is 2.73. The highest BCUT2D eigenvalue weighted by Gasteiger charge is 1.87. The van der Waals surface area contributed by atoms with Crippen LogP contribution in [-0.2, 0) is 0 Å². The molecular weight excluding hydrogens is 132 g/mol. The van der Waals surface area contributed by atoms with Crippen molar-refractivity contribution in [2.45, 2.75) is 6.92 Å². The number of imidazole rings is 1. The monoisotopic (exact) mass is 140 g/mol. The Morgan fingerprint density at radius 2 is 2.56 bits per heavy atom. The minimum Gasteiger partial charge on any atom is -0.343 e. The van der Waals surface area contributed by atoms with E-state index in [2.05, 4.69) is 22.6 Å². The largest absolute Gasteiger partial charge is 0.343 e. The SMILES string of the molecule is Cc1cnc(/C=C/S)[nH]1. The van der Waals surface area contributed by atoms with Crippen molar-refractivity contribution < 1.29 is 0 Å². The molecule has 0 fully saturated rings. The molecule has 0 aromatic carbocycles. The molecule has 48 valence electrons. The smallest absolute Gasteiger partial charge is 0.130 e. The summed E-state index contributed by atoms with van der Waals surface area (Å²) in [5.41, 5.74) is 1.07. The second-order valence-corrected chi connectivity index (χ2v) is 2.07. The third-order valence-electron chi connectivity index (χ3n) is 0.955. The topological polar surface area (TPSA) is 28.7 Å². The fourth-order valence-corrected chi connectivity index (χ4v) is 0.729. The molecule has 0 radical (unpaired) electrons. The summed E-state index contributed by atoms with van der Waals surface area (Å²) in [6.07, 6.45) is 3.58. The van der Waals surface area contributed by atoms with Gasteiger partial charge in [-0.25, -0.2) is 4.98 Å². The molecule has 1 aromatic heterocycles. The summed E-state index contributed by atoms with van der Waals surface area (Å²) in [6, 6.07) is 0. The van der Waals surface area contributed by atoms with Crippen LogP contribution in [-0.4, -0.2) is 9.97 Å². The molecule has 0 aliphatic carbocycles. The average Bonchev–Trinajstić information content (AvgIpc) is 2.17. The number of rotatable bonds is 1. The van der Waals surface area contributed by atoms with Gasteiger partial charge in [-0.2, -0.15) is 12.6 Å².